The van der Waals surface area contributed by atoms with Crippen molar-refractivity contribution in [2.24, 2.45) is 27.6 Å². The zero-order chi connectivity index (χ0) is 21.9. The molecule has 1 aliphatic carbocycles. The summed E-state index contributed by atoms with van der Waals surface area (Å²) in [6.45, 7) is 9.71. The lowest BCUT2D eigenvalue weighted by Gasteiger charge is -2.26. The molecule has 1 fully saturated rings. The van der Waals surface area contributed by atoms with Crippen molar-refractivity contribution in [1.82, 2.24) is 5.32 Å². The van der Waals surface area contributed by atoms with Gasteiger partial charge >= 0.3 is 0 Å². The summed E-state index contributed by atoms with van der Waals surface area (Å²) >= 11 is 0. The molecule has 4 heteroatoms. The Hall–Kier alpha value is -1.68. The number of nitrogens with one attached hydrogen (secondary N) is 1. The Balaban J connectivity index is 2.14. The molecule has 1 atom stereocenters. The van der Waals surface area contributed by atoms with E-state index in [1.807, 2.05) is 6.92 Å². The molecule has 1 aliphatic rings. The average molecular weight is 413 g/mol. The lowest BCUT2D eigenvalue weighted by molar-refractivity contribution is 0.277. The van der Waals surface area contributed by atoms with E-state index in [9.17, 15) is 0 Å². The largest absolute Gasteiger partial charge is 0.387 e. The fourth-order valence-corrected chi connectivity index (χ4v) is 4.50. The molecule has 0 saturated heterocycles. The topological polar surface area (TPSA) is 62.8 Å². The second kappa shape index (κ2) is 12.9. The molecule has 2 rings (SSSR count). The number of aliphatic imine (C=N–C) groups is 2. The van der Waals surface area contributed by atoms with E-state index in [0.29, 0.717) is 17.7 Å². The standard InChI is InChI=1S/C26H44N4/c1-6-25(27)30-26(29-24-14-13-23(19(2)3)16-20(24)4)15-12-22(18-28-5)17-21-10-8-7-9-11-21/h13-14,16,19,21-22,28H,6-12,15,17-18H2,1-5H3,(H2,27,29,30). The molecule has 0 radical (unpaired) electrons. The highest BCUT2D eigenvalue weighted by Gasteiger charge is 2.19. The highest BCUT2D eigenvalue weighted by molar-refractivity contribution is 5.97. The monoisotopic (exact) mass is 412 g/mol. The van der Waals surface area contributed by atoms with Crippen molar-refractivity contribution in [3.8, 4) is 0 Å². The summed E-state index contributed by atoms with van der Waals surface area (Å²) in [5.74, 6) is 3.64. The van der Waals surface area contributed by atoms with Gasteiger partial charge in [-0.3, -0.25) is 0 Å². The Morgan fingerprint density at radius 2 is 1.93 bits per heavy atom. The number of aryl methyl sites for hydroxylation is 1. The summed E-state index contributed by atoms with van der Waals surface area (Å²) < 4.78 is 0. The van der Waals surface area contributed by atoms with E-state index in [4.69, 9.17) is 15.7 Å². The first-order valence-corrected chi connectivity index (χ1v) is 12.1. The summed E-state index contributed by atoms with van der Waals surface area (Å²) in [5.41, 5.74) is 9.67. The molecule has 168 valence electrons. The lowest BCUT2D eigenvalue weighted by atomic mass is 9.81. The first-order chi connectivity index (χ1) is 14.4. The maximum Gasteiger partial charge on any atom is 0.131 e. The van der Waals surface area contributed by atoms with Gasteiger partial charge in [-0.15, -0.1) is 0 Å². The fraction of sp³-hybridized carbons (Fsp3) is 0.692. The van der Waals surface area contributed by atoms with Gasteiger partial charge in [0.05, 0.1) is 5.69 Å². The molecule has 0 aliphatic heterocycles. The van der Waals surface area contributed by atoms with Crippen LogP contribution in [-0.2, 0) is 0 Å². The maximum absolute atomic E-state index is 6.10. The molecule has 0 bridgehead atoms. The summed E-state index contributed by atoms with van der Waals surface area (Å²) in [5, 5.41) is 3.41. The van der Waals surface area contributed by atoms with Gasteiger partial charge in [-0.05, 0) is 68.3 Å². The first kappa shape index (κ1) is 24.6. The maximum atomic E-state index is 6.10. The van der Waals surface area contributed by atoms with Crippen LogP contribution in [0, 0.1) is 18.8 Å². The zero-order valence-corrected chi connectivity index (χ0v) is 20.0. The van der Waals surface area contributed by atoms with Crippen LogP contribution in [0.25, 0.3) is 0 Å². The van der Waals surface area contributed by atoms with E-state index in [0.717, 1.165) is 43.2 Å². The SMILES string of the molecule is CCC(N)=NC(CCC(CNC)CC1CCCCC1)=Nc1ccc(C(C)C)cc1C. The van der Waals surface area contributed by atoms with E-state index in [-0.39, 0.29) is 0 Å². The number of nitrogens with zero attached hydrogens (tertiary/aromatic N) is 2. The van der Waals surface area contributed by atoms with Crippen molar-refractivity contribution < 1.29 is 0 Å². The molecule has 0 heterocycles. The minimum atomic E-state index is 0.525. The Morgan fingerprint density at radius 3 is 2.53 bits per heavy atom. The summed E-state index contributed by atoms with van der Waals surface area (Å²) in [6.07, 6.45) is 11.1. The smallest absolute Gasteiger partial charge is 0.131 e. The summed E-state index contributed by atoms with van der Waals surface area (Å²) in [4.78, 5) is 9.65. The normalized spacial score (nSPS) is 17.5. The number of hydrogen-bond acceptors (Lipinski definition) is 2. The third-order valence-corrected chi connectivity index (χ3v) is 6.43. The molecule has 0 amide bonds. The second-order valence-electron chi connectivity index (χ2n) is 9.39. The van der Waals surface area contributed by atoms with Gasteiger partial charge in [0.2, 0.25) is 0 Å². The Labute approximate surface area is 184 Å². The van der Waals surface area contributed by atoms with Gasteiger partial charge in [0.1, 0.15) is 11.7 Å². The highest BCUT2D eigenvalue weighted by Crippen LogP contribution is 2.31. The molecular weight excluding hydrogens is 368 g/mol. The molecule has 3 N–H and O–H groups in total. The molecule has 0 aromatic heterocycles. The van der Waals surface area contributed by atoms with Crippen LogP contribution in [0.3, 0.4) is 0 Å². The van der Waals surface area contributed by atoms with Crippen LogP contribution in [0.2, 0.25) is 0 Å². The number of hydrogen-bond donors (Lipinski definition) is 2. The van der Waals surface area contributed by atoms with Crippen molar-refractivity contribution in [3.05, 3.63) is 29.3 Å². The van der Waals surface area contributed by atoms with Crippen LogP contribution >= 0.6 is 0 Å². The predicted molar refractivity (Wildman–Crippen MR) is 132 cm³/mol. The van der Waals surface area contributed by atoms with E-state index >= 15 is 0 Å². The van der Waals surface area contributed by atoms with Crippen molar-refractivity contribution in [2.45, 2.75) is 91.4 Å². The van der Waals surface area contributed by atoms with E-state index in [1.165, 1.54) is 49.7 Å². The van der Waals surface area contributed by atoms with Crippen LogP contribution < -0.4 is 11.1 Å². The van der Waals surface area contributed by atoms with Gasteiger partial charge in [0, 0.05) is 12.8 Å². The molecule has 1 aromatic rings. The van der Waals surface area contributed by atoms with Gasteiger partial charge in [-0.2, -0.15) is 0 Å². The van der Waals surface area contributed by atoms with E-state index in [1.54, 1.807) is 0 Å². The van der Waals surface area contributed by atoms with Crippen LogP contribution in [0.4, 0.5) is 5.69 Å². The predicted octanol–water partition coefficient (Wildman–Crippen LogP) is 6.50. The van der Waals surface area contributed by atoms with E-state index < -0.39 is 0 Å². The molecule has 4 nitrogen and oxygen atoms in total. The van der Waals surface area contributed by atoms with Gasteiger partial charge in [0.25, 0.3) is 0 Å². The first-order valence-electron chi connectivity index (χ1n) is 12.1. The zero-order valence-electron chi connectivity index (χ0n) is 20.0. The third kappa shape index (κ3) is 8.22. The van der Waals surface area contributed by atoms with Crippen LogP contribution in [0.15, 0.2) is 28.2 Å². The lowest BCUT2D eigenvalue weighted by Crippen LogP contribution is -2.23. The molecule has 0 spiro atoms. The number of nitrogens with two attached hydrogens (primary N) is 1. The summed E-state index contributed by atoms with van der Waals surface area (Å²) in [7, 11) is 2.07. The number of rotatable bonds is 10. The van der Waals surface area contributed by atoms with Crippen molar-refractivity contribution in [1.29, 1.82) is 0 Å². The number of benzene rings is 1. The highest BCUT2D eigenvalue weighted by atomic mass is 15.0. The van der Waals surface area contributed by atoms with Crippen LogP contribution in [0.1, 0.15) is 95.6 Å². The molecule has 1 unspecified atom stereocenters. The summed E-state index contributed by atoms with van der Waals surface area (Å²) in [6, 6.07) is 6.57. The molecular formula is C26H44N4. The van der Waals surface area contributed by atoms with Gasteiger partial charge in [0.15, 0.2) is 0 Å². The van der Waals surface area contributed by atoms with E-state index in [2.05, 4.69) is 51.3 Å². The molecule has 1 aromatic carbocycles. The van der Waals surface area contributed by atoms with Crippen LogP contribution in [0.5, 0.6) is 0 Å². The second-order valence-corrected chi connectivity index (χ2v) is 9.39. The minimum Gasteiger partial charge on any atom is -0.387 e. The molecule has 30 heavy (non-hydrogen) atoms. The fourth-order valence-electron chi connectivity index (χ4n) is 4.50. The van der Waals surface area contributed by atoms with Gasteiger partial charge < -0.3 is 11.1 Å². The van der Waals surface area contributed by atoms with Gasteiger partial charge in [-0.25, -0.2) is 9.98 Å². The average Bonchev–Trinajstić information content (AvgIpc) is 2.73. The van der Waals surface area contributed by atoms with Crippen molar-refractivity contribution >= 4 is 17.4 Å². The number of amidine groups is 2. The van der Waals surface area contributed by atoms with Crippen molar-refractivity contribution in [3.63, 3.8) is 0 Å². The quantitative estimate of drug-likeness (QED) is 0.340. The Bertz CT molecular complexity index is 699. The Kier molecular flexibility index (Phi) is 10.6. The van der Waals surface area contributed by atoms with Crippen molar-refractivity contribution in [2.75, 3.05) is 13.6 Å². The third-order valence-electron chi connectivity index (χ3n) is 6.43. The molecule has 1 saturated carbocycles. The Morgan fingerprint density at radius 1 is 1.20 bits per heavy atom. The minimum absolute atomic E-state index is 0.525. The van der Waals surface area contributed by atoms with Gasteiger partial charge in [-0.1, -0.05) is 65.0 Å². The van der Waals surface area contributed by atoms with Crippen LogP contribution in [-0.4, -0.2) is 25.3 Å².